The van der Waals surface area contributed by atoms with Crippen molar-refractivity contribution >= 4 is 17.5 Å². The van der Waals surface area contributed by atoms with Gasteiger partial charge in [-0.15, -0.1) is 0 Å². The molecule has 25 heavy (non-hydrogen) atoms. The van der Waals surface area contributed by atoms with Gasteiger partial charge in [-0.05, 0) is 24.6 Å². The van der Waals surface area contributed by atoms with Crippen molar-refractivity contribution in [3.63, 3.8) is 0 Å². The summed E-state index contributed by atoms with van der Waals surface area (Å²) in [6.07, 6.45) is 3.44. The zero-order chi connectivity index (χ0) is 17.5. The molecule has 2 aromatic carbocycles. The number of anilines is 2. The molecule has 1 heterocycles. The van der Waals surface area contributed by atoms with E-state index in [1.54, 1.807) is 18.5 Å². The second-order valence-electron chi connectivity index (χ2n) is 5.38. The average Bonchev–Trinajstić information content (AvgIpc) is 3.18. The average molecular weight is 336 g/mol. The van der Waals surface area contributed by atoms with E-state index in [2.05, 4.69) is 15.4 Å². The summed E-state index contributed by atoms with van der Waals surface area (Å²) in [5.74, 6) is 0.393. The molecule has 128 valence electrons. The van der Waals surface area contributed by atoms with Gasteiger partial charge >= 0.3 is 0 Å². The number of carbonyl (C=O) groups excluding carboxylic acids is 1. The summed E-state index contributed by atoms with van der Waals surface area (Å²) in [6, 6.07) is 17.0. The van der Waals surface area contributed by atoms with Crippen molar-refractivity contribution in [2.45, 2.75) is 13.5 Å². The van der Waals surface area contributed by atoms with E-state index in [9.17, 15) is 4.79 Å². The largest absolute Gasteiger partial charge is 0.331 e. The monoisotopic (exact) mass is 336 g/mol. The first kappa shape index (κ1) is 16.7. The van der Waals surface area contributed by atoms with Crippen LogP contribution < -0.4 is 10.4 Å². The third kappa shape index (κ3) is 4.05. The Morgan fingerprint density at radius 1 is 1.16 bits per heavy atom. The molecule has 0 unspecified atom stereocenters. The van der Waals surface area contributed by atoms with E-state index < -0.39 is 0 Å². The van der Waals surface area contributed by atoms with E-state index in [0.717, 1.165) is 11.3 Å². The fraction of sp³-hybridized carbons (Fsp3) is 0.158. The highest BCUT2D eigenvalue weighted by molar-refractivity contribution is 5.99. The number of rotatable bonds is 7. The number of hydrogen-bond donors (Lipinski definition) is 2. The van der Waals surface area contributed by atoms with Gasteiger partial charge in [-0.3, -0.25) is 9.63 Å². The van der Waals surface area contributed by atoms with Gasteiger partial charge in [0.05, 0.1) is 17.9 Å². The lowest BCUT2D eigenvalue weighted by molar-refractivity contribution is 0.0234. The molecule has 0 bridgehead atoms. The molecule has 0 spiro atoms. The van der Waals surface area contributed by atoms with Crippen molar-refractivity contribution in [3.05, 3.63) is 78.1 Å². The van der Waals surface area contributed by atoms with Crippen molar-refractivity contribution in [1.82, 2.24) is 15.4 Å². The highest BCUT2D eigenvalue weighted by Gasteiger charge is 2.18. The molecule has 0 saturated heterocycles. The van der Waals surface area contributed by atoms with E-state index in [4.69, 9.17) is 4.84 Å². The molecule has 6 heteroatoms. The van der Waals surface area contributed by atoms with Crippen LogP contribution in [-0.4, -0.2) is 22.4 Å². The smallest absolute Gasteiger partial charge is 0.276 e. The van der Waals surface area contributed by atoms with Gasteiger partial charge < -0.3 is 9.88 Å². The fourth-order valence-corrected chi connectivity index (χ4v) is 2.55. The first-order chi connectivity index (χ1) is 12.3. The van der Waals surface area contributed by atoms with Crippen LogP contribution in [-0.2, 0) is 11.4 Å². The Balaban J connectivity index is 1.72. The van der Waals surface area contributed by atoms with Crippen molar-refractivity contribution < 1.29 is 9.63 Å². The lowest BCUT2D eigenvalue weighted by Crippen LogP contribution is -2.27. The van der Waals surface area contributed by atoms with Crippen molar-refractivity contribution in [2.75, 3.05) is 11.4 Å². The molecule has 6 nitrogen and oxygen atoms in total. The molecule has 2 N–H and O–H groups in total. The van der Waals surface area contributed by atoms with Crippen LogP contribution in [0.2, 0.25) is 0 Å². The van der Waals surface area contributed by atoms with Gasteiger partial charge in [0.25, 0.3) is 5.91 Å². The van der Waals surface area contributed by atoms with Crippen molar-refractivity contribution in [2.24, 2.45) is 0 Å². The number of aromatic nitrogens is 2. The number of carbonyl (C=O) groups is 1. The summed E-state index contributed by atoms with van der Waals surface area (Å²) < 4.78 is 0. The minimum atomic E-state index is -0.295. The Labute approximate surface area is 146 Å². The van der Waals surface area contributed by atoms with Crippen LogP contribution in [0.5, 0.6) is 0 Å². The van der Waals surface area contributed by atoms with Crippen LogP contribution in [0.1, 0.15) is 22.8 Å². The highest BCUT2D eigenvalue weighted by Crippen LogP contribution is 2.25. The Morgan fingerprint density at radius 2 is 1.92 bits per heavy atom. The zero-order valence-corrected chi connectivity index (χ0v) is 14.0. The van der Waals surface area contributed by atoms with Crippen LogP contribution in [0.4, 0.5) is 11.6 Å². The van der Waals surface area contributed by atoms with Crippen molar-refractivity contribution in [3.8, 4) is 0 Å². The lowest BCUT2D eigenvalue weighted by Gasteiger charge is -2.22. The Morgan fingerprint density at radius 3 is 2.64 bits per heavy atom. The highest BCUT2D eigenvalue weighted by atomic mass is 16.6. The van der Waals surface area contributed by atoms with Gasteiger partial charge in [-0.1, -0.05) is 42.5 Å². The first-order valence-corrected chi connectivity index (χ1v) is 8.11. The summed E-state index contributed by atoms with van der Waals surface area (Å²) in [6.45, 7) is 2.98. The summed E-state index contributed by atoms with van der Waals surface area (Å²) in [4.78, 5) is 27.2. The Bertz CT molecular complexity index is 803. The maximum atomic E-state index is 12.6. The zero-order valence-electron chi connectivity index (χ0n) is 14.0. The predicted octanol–water partition coefficient (Wildman–Crippen LogP) is 3.43. The van der Waals surface area contributed by atoms with Gasteiger partial charge in [-0.25, -0.2) is 10.5 Å². The third-order valence-electron chi connectivity index (χ3n) is 3.74. The molecule has 0 saturated carbocycles. The summed E-state index contributed by atoms with van der Waals surface area (Å²) >= 11 is 0. The molecule has 0 radical (unpaired) electrons. The maximum Gasteiger partial charge on any atom is 0.276 e. The van der Waals surface area contributed by atoms with Gasteiger partial charge in [0.1, 0.15) is 0 Å². The maximum absolute atomic E-state index is 12.6. The number of benzene rings is 2. The molecule has 1 amide bonds. The third-order valence-corrected chi connectivity index (χ3v) is 3.74. The summed E-state index contributed by atoms with van der Waals surface area (Å²) in [5.41, 5.74) is 4.79. The van der Waals surface area contributed by atoms with E-state index in [0.29, 0.717) is 24.7 Å². The van der Waals surface area contributed by atoms with Gasteiger partial charge in [-0.2, -0.15) is 0 Å². The molecule has 1 aromatic heterocycles. The molecule has 0 atom stereocenters. The molecule has 0 aliphatic rings. The molecule has 3 aromatic rings. The molecular formula is C19H20N4O2. The van der Waals surface area contributed by atoms with Gasteiger partial charge in [0, 0.05) is 18.9 Å². The van der Waals surface area contributed by atoms with Gasteiger partial charge in [0.15, 0.2) is 0 Å². The number of para-hydroxylation sites is 1. The molecule has 3 rings (SSSR count). The minimum Gasteiger partial charge on any atom is -0.331 e. The fourth-order valence-electron chi connectivity index (χ4n) is 2.55. The summed E-state index contributed by atoms with van der Waals surface area (Å²) in [5, 5.41) is 0. The molecule has 0 aliphatic heterocycles. The quantitative estimate of drug-likeness (QED) is 0.649. The number of nitrogens with zero attached hydrogens (tertiary/aromatic N) is 2. The second-order valence-corrected chi connectivity index (χ2v) is 5.38. The van der Waals surface area contributed by atoms with Crippen LogP contribution in [0.25, 0.3) is 0 Å². The van der Waals surface area contributed by atoms with E-state index in [-0.39, 0.29) is 5.91 Å². The topological polar surface area (TPSA) is 70.2 Å². The number of amides is 1. The first-order valence-electron chi connectivity index (χ1n) is 8.11. The number of aromatic amines is 1. The number of nitrogens with one attached hydrogen (secondary N) is 2. The van der Waals surface area contributed by atoms with Crippen molar-refractivity contribution in [1.29, 1.82) is 0 Å². The number of hydrogen-bond acceptors (Lipinski definition) is 4. The SMILES string of the molecule is CCN(c1ncc[nH]1)c1ccccc1C(=O)NOCc1ccccc1. The number of H-pyrrole nitrogens is 1. The Hall–Kier alpha value is -3.12. The Kier molecular flexibility index (Phi) is 5.43. The summed E-state index contributed by atoms with van der Waals surface area (Å²) in [7, 11) is 0. The van der Waals surface area contributed by atoms with Crippen LogP contribution in [0, 0.1) is 0 Å². The molecular weight excluding hydrogens is 316 g/mol. The van der Waals surface area contributed by atoms with E-state index in [1.807, 2.05) is 60.4 Å². The molecule has 0 aliphatic carbocycles. The number of hydroxylamine groups is 1. The van der Waals surface area contributed by atoms with Crippen LogP contribution >= 0.6 is 0 Å². The number of imidazole rings is 1. The standard InChI is InChI=1S/C19H20N4O2/c1-2-23(19-20-12-13-21-19)17-11-7-6-10-16(17)18(24)22-25-14-15-8-4-3-5-9-15/h3-13H,2,14H2,1H3,(H,20,21)(H,22,24). The minimum absolute atomic E-state index is 0.295. The second kappa shape index (κ2) is 8.12. The van der Waals surface area contributed by atoms with Crippen LogP contribution in [0.15, 0.2) is 67.0 Å². The van der Waals surface area contributed by atoms with E-state index >= 15 is 0 Å². The molecule has 0 fully saturated rings. The predicted molar refractivity (Wildman–Crippen MR) is 96.4 cm³/mol. The normalized spacial score (nSPS) is 10.4. The van der Waals surface area contributed by atoms with Crippen LogP contribution in [0.3, 0.4) is 0 Å². The van der Waals surface area contributed by atoms with Gasteiger partial charge in [0.2, 0.25) is 5.95 Å². The van der Waals surface area contributed by atoms with E-state index in [1.165, 1.54) is 0 Å². The lowest BCUT2D eigenvalue weighted by atomic mass is 10.1.